The van der Waals surface area contributed by atoms with Crippen LogP contribution in [0.1, 0.15) is 29.6 Å². The molecule has 4 N–H and O–H groups in total. The van der Waals surface area contributed by atoms with Crippen LogP contribution in [0.2, 0.25) is 0 Å². The molecule has 9 nitrogen and oxygen atoms in total. The summed E-state index contributed by atoms with van der Waals surface area (Å²) in [5, 5.41) is 11.2. The number of primary amides is 1. The van der Waals surface area contributed by atoms with Gasteiger partial charge in [0, 0.05) is 18.7 Å². The molecule has 136 valence electrons. The van der Waals surface area contributed by atoms with Crippen LogP contribution in [0.5, 0.6) is 0 Å². The Bertz CT molecular complexity index is 769. The number of hydrogen-bond donors (Lipinski definition) is 3. The van der Waals surface area contributed by atoms with Crippen molar-refractivity contribution in [2.45, 2.75) is 30.2 Å². The molecule has 0 radical (unpaired) electrons. The number of nitrogens with one attached hydrogen (secondary N) is 1. The van der Waals surface area contributed by atoms with Gasteiger partial charge >= 0.3 is 5.97 Å². The second-order valence-electron chi connectivity index (χ2n) is 5.67. The number of hydrogen-bond acceptors (Lipinski definition) is 5. The summed E-state index contributed by atoms with van der Waals surface area (Å²) < 4.78 is 26.2. The SMILES string of the molecule is NC(=O)CC(NC(=O)c1ccc(S(=O)(=O)N2CCCC2)cc1)C(=O)O. The molecule has 1 aromatic carbocycles. The van der Waals surface area contributed by atoms with Gasteiger partial charge in [0.15, 0.2) is 0 Å². The molecular weight excluding hydrogens is 350 g/mol. The first-order chi connectivity index (χ1) is 11.7. The zero-order chi connectivity index (χ0) is 18.6. The van der Waals surface area contributed by atoms with Crippen molar-refractivity contribution >= 4 is 27.8 Å². The fourth-order valence-corrected chi connectivity index (χ4v) is 4.02. The predicted octanol–water partition coefficient (Wildman–Crippen LogP) is -0.470. The van der Waals surface area contributed by atoms with Crippen LogP contribution in [0, 0.1) is 0 Å². The van der Waals surface area contributed by atoms with Crippen molar-refractivity contribution < 1.29 is 27.9 Å². The van der Waals surface area contributed by atoms with Gasteiger partial charge in [-0.3, -0.25) is 9.59 Å². The largest absolute Gasteiger partial charge is 0.480 e. The Labute approximate surface area is 144 Å². The van der Waals surface area contributed by atoms with Crippen LogP contribution in [0.4, 0.5) is 0 Å². The number of carboxylic acids is 1. The number of carbonyl (C=O) groups is 3. The average Bonchev–Trinajstić information content (AvgIpc) is 3.09. The summed E-state index contributed by atoms with van der Waals surface area (Å²) in [5.74, 6) is -2.99. The van der Waals surface area contributed by atoms with Crippen molar-refractivity contribution in [3.63, 3.8) is 0 Å². The lowest BCUT2D eigenvalue weighted by molar-refractivity contribution is -0.140. The summed E-state index contributed by atoms with van der Waals surface area (Å²) in [5.41, 5.74) is 5.03. The van der Waals surface area contributed by atoms with Crippen LogP contribution in [0.15, 0.2) is 29.2 Å². The van der Waals surface area contributed by atoms with Gasteiger partial charge in [-0.05, 0) is 37.1 Å². The van der Waals surface area contributed by atoms with Gasteiger partial charge in [-0.15, -0.1) is 0 Å². The minimum atomic E-state index is -3.59. The summed E-state index contributed by atoms with van der Waals surface area (Å²) in [6.45, 7) is 0.940. The highest BCUT2D eigenvalue weighted by Gasteiger charge is 2.27. The average molecular weight is 369 g/mol. The molecule has 1 aromatic rings. The molecule has 0 spiro atoms. The van der Waals surface area contributed by atoms with Crippen LogP contribution < -0.4 is 11.1 Å². The number of rotatable bonds is 7. The minimum absolute atomic E-state index is 0.0675. The van der Waals surface area contributed by atoms with E-state index in [0.717, 1.165) is 12.8 Å². The van der Waals surface area contributed by atoms with Crippen molar-refractivity contribution in [1.82, 2.24) is 9.62 Å². The molecule has 0 aromatic heterocycles. The maximum absolute atomic E-state index is 12.4. The Morgan fingerprint density at radius 3 is 2.20 bits per heavy atom. The molecule has 1 aliphatic rings. The highest BCUT2D eigenvalue weighted by molar-refractivity contribution is 7.89. The Kier molecular flexibility index (Phi) is 5.75. The van der Waals surface area contributed by atoms with Crippen LogP contribution in [-0.4, -0.2) is 54.7 Å². The predicted molar refractivity (Wildman–Crippen MR) is 87.1 cm³/mol. The van der Waals surface area contributed by atoms with Crippen LogP contribution in [0.25, 0.3) is 0 Å². The van der Waals surface area contributed by atoms with Crippen LogP contribution >= 0.6 is 0 Å². The van der Waals surface area contributed by atoms with E-state index in [9.17, 15) is 22.8 Å². The van der Waals surface area contributed by atoms with E-state index >= 15 is 0 Å². The lowest BCUT2D eigenvalue weighted by Gasteiger charge is -2.16. The Balaban J connectivity index is 2.12. The number of benzene rings is 1. The first-order valence-electron chi connectivity index (χ1n) is 7.64. The number of amides is 2. The second-order valence-corrected chi connectivity index (χ2v) is 7.61. The molecule has 1 atom stereocenters. The van der Waals surface area contributed by atoms with Gasteiger partial charge in [0.1, 0.15) is 6.04 Å². The molecule has 1 aliphatic heterocycles. The Morgan fingerprint density at radius 2 is 1.72 bits per heavy atom. The number of nitrogens with zero attached hydrogens (tertiary/aromatic N) is 1. The second kappa shape index (κ2) is 7.62. The quantitative estimate of drug-likeness (QED) is 0.592. The van der Waals surface area contributed by atoms with Gasteiger partial charge in [0.25, 0.3) is 5.91 Å². The third-order valence-corrected chi connectivity index (χ3v) is 5.74. The van der Waals surface area contributed by atoms with E-state index in [2.05, 4.69) is 5.32 Å². The molecule has 0 bridgehead atoms. The van der Waals surface area contributed by atoms with E-state index < -0.39 is 40.3 Å². The number of aliphatic carboxylic acids is 1. The maximum atomic E-state index is 12.4. The van der Waals surface area contributed by atoms with Gasteiger partial charge in [-0.1, -0.05) is 0 Å². The molecule has 1 fully saturated rings. The maximum Gasteiger partial charge on any atom is 0.326 e. The van der Waals surface area contributed by atoms with Gasteiger partial charge in [0.05, 0.1) is 11.3 Å². The monoisotopic (exact) mass is 369 g/mol. The molecular formula is C15H19N3O6S. The van der Waals surface area contributed by atoms with Gasteiger partial charge in [-0.25, -0.2) is 13.2 Å². The lowest BCUT2D eigenvalue weighted by Crippen LogP contribution is -2.43. The number of carboxylic acid groups (broad SMARTS) is 1. The third kappa shape index (κ3) is 4.54. The van der Waals surface area contributed by atoms with Crippen molar-refractivity contribution in [3.05, 3.63) is 29.8 Å². The molecule has 1 unspecified atom stereocenters. The van der Waals surface area contributed by atoms with Crippen molar-refractivity contribution in [3.8, 4) is 0 Å². The van der Waals surface area contributed by atoms with Gasteiger partial charge < -0.3 is 16.2 Å². The molecule has 25 heavy (non-hydrogen) atoms. The van der Waals surface area contributed by atoms with Gasteiger partial charge in [0.2, 0.25) is 15.9 Å². The highest BCUT2D eigenvalue weighted by Crippen LogP contribution is 2.21. The molecule has 10 heteroatoms. The Morgan fingerprint density at radius 1 is 1.16 bits per heavy atom. The summed E-state index contributed by atoms with van der Waals surface area (Å²) in [6, 6.07) is 3.74. The minimum Gasteiger partial charge on any atom is -0.480 e. The van der Waals surface area contributed by atoms with E-state index in [1.165, 1.54) is 28.6 Å². The first kappa shape index (κ1) is 18.9. The molecule has 1 saturated heterocycles. The summed E-state index contributed by atoms with van der Waals surface area (Å²) >= 11 is 0. The number of nitrogens with two attached hydrogens (primary N) is 1. The number of sulfonamides is 1. The first-order valence-corrected chi connectivity index (χ1v) is 9.08. The van der Waals surface area contributed by atoms with Crippen LogP contribution in [-0.2, 0) is 19.6 Å². The zero-order valence-corrected chi connectivity index (χ0v) is 14.2. The number of carbonyl (C=O) groups excluding carboxylic acids is 2. The van der Waals surface area contributed by atoms with Crippen molar-refractivity contribution in [2.24, 2.45) is 5.73 Å². The normalized spacial score (nSPS) is 16.3. The highest BCUT2D eigenvalue weighted by atomic mass is 32.2. The fraction of sp³-hybridized carbons (Fsp3) is 0.400. The molecule has 1 heterocycles. The van der Waals surface area contributed by atoms with Crippen molar-refractivity contribution in [2.75, 3.05) is 13.1 Å². The molecule has 0 saturated carbocycles. The van der Waals surface area contributed by atoms with E-state index in [-0.39, 0.29) is 10.5 Å². The van der Waals surface area contributed by atoms with E-state index in [0.29, 0.717) is 13.1 Å². The lowest BCUT2D eigenvalue weighted by atomic mass is 10.1. The summed E-state index contributed by atoms with van der Waals surface area (Å²) in [6.07, 6.45) is 1.09. The fourth-order valence-electron chi connectivity index (χ4n) is 2.50. The molecule has 0 aliphatic carbocycles. The van der Waals surface area contributed by atoms with E-state index in [1.54, 1.807) is 0 Å². The summed E-state index contributed by atoms with van der Waals surface area (Å²) in [7, 11) is -3.59. The topological polar surface area (TPSA) is 147 Å². The Hall–Kier alpha value is -2.46. The van der Waals surface area contributed by atoms with Crippen molar-refractivity contribution in [1.29, 1.82) is 0 Å². The van der Waals surface area contributed by atoms with Crippen LogP contribution in [0.3, 0.4) is 0 Å². The third-order valence-electron chi connectivity index (χ3n) is 3.83. The molecule has 2 rings (SSSR count). The van der Waals surface area contributed by atoms with E-state index in [1.807, 2.05) is 0 Å². The standard InChI is InChI=1S/C15H19N3O6S/c16-13(19)9-12(15(21)22)17-14(20)10-3-5-11(6-4-10)25(23,24)18-7-1-2-8-18/h3-6,12H,1-2,7-9H2,(H2,16,19)(H,17,20)(H,21,22). The summed E-state index contributed by atoms with van der Waals surface area (Å²) in [4.78, 5) is 34.0. The van der Waals surface area contributed by atoms with Gasteiger partial charge in [-0.2, -0.15) is 4.31 Å². The smallest absolute Gasteiger partial charge is 0.326 e. The zero-order valence-electron chi connectivity index (χ0n) is 13.3. The van der Waals surface area contributed by atoms with E-state index in [4.69, 9.17) is 10.8 Å². The molecule has 2 amide bonds.